The van der Waals surface area contributed by atoms with Crippen LogP contribution in [0.2, 0.25) is 0 Å². The van der Waals surface area contributed by atoms with Crippen molar-refractivity contribution >= 4 is 5.91 Å². The van der Waals surface area contributed by atoms with Crippen LogP contribution in [-0.4, -0.2) is 32.1 Å². The van der Waals surface area contributed by atoms with Crippen molar-refractivity contribution in [2.45, 2.75) is 52.0 Å². The van der Waals surface area contributed by atoms with Crippen molar-refractivity contribution in [1.82, 2.24) is 10.6 Å². The van der Waals surface area contributed by atoms with Crippen LogP contribution in [-0.2, 0) is 10.2 Å². The zero-order valence-electron chi connectivity index (χ0n) is 14.5. The Bertz CT molecular complexity index is 449. The van der Waals surface area contributed by atoms with E-state index in [0.717, 1.165) is 18.7 Å². The second-order valence-corrected chi connectivity index (χ2v) is 6.76. The van der Waals surface area contributed by atoms with E-state index < -0.39 is 0 Å². The fraction of sp³-hybridized carbons (Fsp3) is 0.611. The number of carbonyl (C=O) groups is 1. The summed E-state index contributed by atoms with van der Waals surface area (Å²) in [5, 5.41) is 5.99. The van der Waals surface area contributed by atoms with Gasteiger partial charge in [0.1, 0.15) is 12.4 Å². The van der Waals surface area contributed by atoms with Gasteiger partial charge < -0.3 is 15.4 Å². The molecule has 0 saturated heterocycles. The van der Waals surface area contributed by atoms with Crippen molar-refractivity contribution in [3.63, 3.8) is 0 Å². The number of amides is 1. The number of nitrogens with one attached hydrogen (secondary N) is 2. The molecular weight excluding hydrogens is 276 g/mol. The molecule has 4 nitrogen and oxygen atoms in total. The molecule has 0 aliphatic rings. The van der Waals surface area contributed by atoms with Gasteiger partial charge in [-0.2, -0.15) is 0 Å². The molecule has 0 heterocycles. The smallest absolute Gasteiger partial charge is 0.220 e. The number of ether oxygens (including phenoxy) is 1. The summed E-state index contributed by atoms with van der Waals surface area (Å²) >= 11 is 0. The number of hydrogen-bond acceptors (Lipinski definition) is 3. The Morgan fingerprint density at radius 2 is 1.86 bits per heavy atom. The van der Waals surface area contributed by atoms with E-state index in [9.17, 15) is 4.79 Å². The third-order valence-corrected chi connectivity index (χ3v) is 3.46. The van der Waals surface area contributed by atoms with Crippen LogP contribution in [0, 0.1) is 0 Å². The average molecular weight is 306 g/mol. The summed E-state index contributed by atoms with van der Waals surface area (Å²) in [4.78, 5) is 11.7. The highest BCUT2D eigenvalue weighted by molar-refractivity contribution is 5.76. The second kappa shape index (κ2) is 8.79. The molecule has 1 rings (SSSR count). The van der Waals surface area contributed by atoms with E-state index >= 15 is 0 Å². The molecule has 0 saturated carbocycles. The monoisotopic (exact) mass is 306 g/mol. The van der Waals surface area contributed by atoms with Crippen LogP contribution in [0.25, 0.3) is 0 Å². The Balaban J connectivity index is 2.34. The molecule has 0 aliphatic heterocycles. The molecule has 1 aromatic rings. The molecule has 0 aliphatic carbocycles. The molecule has 0 bridgehead atoms. The first-order valence-corrected chi connectivity index (χ1v) is 8.00. The highest BCUT2D eigenvalue weighted by atomic mass is 16.5. The summed E-state index contributed by atoms with van der Waals surface area (Å²) in [7, 11) is 1.89. The Kier molecular flexibility index (Phi) is 7.39. The van der Waals surface area contributed by atoms with Gasteiger partial charge >= 0.3 is 0 Å². The van der Waals surface area contributed by atoms with Gasteiger partial charge in [0.25, 0.3) is 0 Å². The molecule has 124 valence electrons. The predicted octanol–water partition coefficient (Wildman–Crippen LogP) is 2.87. The van der Waals surface area contributed by atoms with E-state index in [4.69, 9.17) is 4.74 Å². The van der Waals surface area contributed by atoms with Crippen molar-refractivity contribution in [3.05, 3.63) is 29.8 Å². The first-order valence-electron chi connectivity index (χ1n) is 8.00. The Morgan fingerprint density at radius 3 is 2.41 bits per heavy atom. The topological polar surface area (TPSA) is 50.4 Å². The molecule has 1 aromatic carbocycles. The maximum atomic E-state index is 11.7. The Morgan fingerprint density at radius 1 is 1.23 bits per heavy atom. The van der Waals surface area contributed by atoms with Crippen LogP contribution in [0.1, 0.15) is 46.1 Å². The summed E-state index contributed by atoms with van der Waals surface area (Å²) in [6, 6.07) is 8.17. The van der Waals surface area contributed by atoms with E-state index in [1.54, 1.807) is 0 Å². The van der Waals surface area contributed by atoms with Crippen molar-refractivity contribution < 1.29 is 9.53 Å². The second-order valence-electron chi connectivity index (χ2n) is 6.76. The first kappa shape index (κ1) is 18.5. The SMILES string of the molecule is CNCCCC(=O)NC(C)COc1ccc(C(C)(C)C)cc1. The lowest BCUT2D eigenvalue weighted by Gasteiger charge is -2.20. The molecule has 1 atom stereocenters. The van der Waals surface area contributed by atoms with Crippen LogP contribution in [0.3, 0.4) is 0 Å². The molecule has 4 heteroatoms. The van der Waals surface area contributed by atoms with E-state index in [-0.39, 0.29) is 17.4 Å². The average Bonchev–Trinajstić information content (AvgIpc) is 2.45. The molecule has 0 fully saturated rings. The molecule has 2 N–H and O–H groups in total. The lowest BCUT2D eigenvalue weighted by Crippen LogP contribution is -2.36. The number of hydrogen-bond donors (Lipinski definition) is 2. The predicted molar refractivity (Wildman–Crippen MR) is 91.4 cm³/mol. The highest BCUT2D eigenvalue weighted by Crippen LogP contribution is 2.24. The molecule has 1 amide bonds. The Hall–Kier alpha value is -1.55. The maximum Gasteiger partial charge on any atom is 0.220 e. The normalized spacial score (nSPS) is 12.8. The number of carbonyl (C=O) groups excluding carboxylic acids is 1. The van der Waals surface area contributed by atoms with Crippen molar-refractivity contribution in [2.75, 3.05) is 20.2 Å². The largest absolute Gasteiger partial charge is 0.491 e. The maximum absolute atomic E-state index is 11.7. The lowest BCUT2D eigenvalue weighted by atomic mass is 9.87. The van der Waals surface area contributed by atoms with Crippen LogP contribution < -0.4 is 15.4 Å². The van der Waals surface area contributed by atoms with Gasteiger partial charge in [-0.15, -0.1) is 0 Å². The molecule has 0 radical (unpaired) electrons. The summed E-state index contributed by atoms with van der Waals surface area (Å²) in [5.74, 6) is 0.915. The fourth-order valence-electron chi connectivity index (χ4n) is 2.09. The third-order valence-electron chi connectivity index (χ3n) is 3.46. The highest BCUT2D eigenvalue weighted by Gasteiger charge is 2.13. The summed E-state index contributed by atoms with van der Waals surface area (Å²) < 4.78 is 5.73. The summed E-state index contributed by atoms with van der Waals surface area (Å²) in [6.45, 7) is 9.86. The van der Waals surface area contributed by atoms with Gasteiger partial charge in [-0.05, 0) is 50.0 Å². The van der Waals surface area contributed by atoms with Crippen molar-refractivity contribution in [3.8, 4) is 5.75 Å². The minimum absolute atomic E-state index is 0.00405. The van der Waals surface area contributed by atoms with E-state index in [1.165, 1.54) is 5.56 Å². The van der Waals surface area contributed by atoms with Gasteiger partial charge in [-0.1, -0.05) is 32.9 Å². The zero-order valence-corrected chi connectivity index (χ0v) is 14.5. The minimum Gasteiger partial charge on any atom is -0.491 e. The van der Waals surface area contributed by atoms with E-state index in [0.29, 0.717) is 13.0 Å². The zero-order chi connectivity index (χ0) is 16.6. The van der Waals surface area contributed by atoms with Gasteiger partial charge in [0.2, 0.25) is 5.91 Å². The molecule has 1 unspecified atom stereocenters. The van der Waals surface area contributed by atoms with Crippen LogP contribution in [0.4, 0.5) is 0 Å². The van der Waals surface area contributed by atoms with Crippen molar-refractivity contribution in [1.29, 1.82) is 0 Å². The number of benzene rings is 1. The van der Waals surface area contributed by atoms with Gasteiger partial charge in [0.05, 0.1) is 6.04 Å². The summed E-state index contributed by atoms with van der Waals surface area (Å²) in [5.41, 5.74) is 1.43. The molecule has 0 aromatic heterocycles. The van der Waals surface area contributed by atoms with Gasteiger partial charge in [0, 0.05) is 6.42 Å². The van der Waals surface area contributed by atoms with Crippen LogP contribution in [0.5, 0.6) is 5.75 Å². The van der Waals surface area contributed by atoms with Crippen LogP contribution >= 0.6 is 0 Å². The van der Waals surface area contributed by atoms with E-state index in [1.807, 2.05) is 26.1 Å². The first-order chi connectivity index (χ1) is 10.3. The van der Waals surface area contributed by atoms with Gasteiger partial charge in [-0.3, -0.25) is 4.79 Å². The summed E-state index contributed by atoms with van der Waals surface area (Å²) in [6.07, 6.45) is 1.40. The minimum atomic E-state index is 0.00405. The number of rotatable bonds is 8. The standard InChI is InChI=1S/C18H30N2O2/c1-14(20-17(21)7-6-12-19-5)13-22-16-10-8-15(9-11-16)18(2,3)4/h8-11,14,19H,6-7,12-13H2,1-5H3,(H,20,21). The van der Waals surface area contributed by atoms with Crippen molar-refractivity contribution in [2.24, 2.45) is 0 Å². The fourth-order valence-corrected chi connectivity index (χ4v) is 2.09. The lowest BCUT2D eigenvalue weighted by molar-refractivity contribution is -0.121. The molecule has 0 spiro atoms. The Labute approximate surface area is 134 Å². The van der Waals surface area contributed by atoms with Gasteiger partial charge in [0.15, 0.2) is 0 Å². The quantitative estimate of drug-likeness (QED) is 0.726. The van der Waals surface area contributed by atoms with Crippen LogP contribution in [0.15, 0.2) is 24.3 Å². The van der Waals surface area contributed by atoms with E-state index in [2.05, 4.69) is 43.5 Å². The molecular formula is C18H30N2O2. The molecule has 22 heavy (non-hydrogen) atoms. The third kappa shape index (κ3) is 6.94. The van der Waals surface area contributed by atoms with Gasteiger partial charge in [-0.25, -0.2) is 0 Å².